The molecule has 0 fully saturated rings. The molecule has 0 aliphatic rings. The van der Waals surface area contributed by atoms with Gasteiger partial charge in [-0.25, -0.2) is 9.78 Å². The van der Waals surface area contributed by atoms with Crippen molar-refractivity contribution < 1.29 is 9.90 Å². The highest BCUT2D eigenvalue weighted by Crippen LogP contribution is 2.33. The molecule has 100 valence electrons. The van der Waals surface area contributed by atoms with E-state index in [0.717, 1.165) is 0 Å². The van der Waals surface area contributed by atoms with E-state index in [2.05, 4.69) is 4.98 Å². The monoisotopic (exact) mass is 306 g/mol. The molecule has 0 bridgehead atoms. The number of hydrogen-bond acceptors (Lipinski definition) is 2. The van der Waals surface area contributed by atoms with E-state index < -0.39 is 5.97 Å². The molecular formula is C14H8Cl2N2O2. The number of carboxylic acid groups (broad SMARTS) is 1. The van der Waals surface area contributed by atoms with Gasteiger partial charge in [0, 0.05) is 11.8 Å². The zero-order chi connectivity index (χ0) is 14.3. The lowest BCUT2D eigenvalue weighted by molar-refractivity contribution is 0.0689. The number of carboxylic acids is 1. The van der Waals surface area contributed by atoms with Crippen LogP contribution in [-0.2, 0) is 0 Å². The van der Waals surface area contributed by atoms with Crippen molar-refractivity contribution >= 4 is 34.8 Å². The summed E-state index contributed by atoms with van der Waals surface area (Å²) in [6.07, 6.45) is 1.64. The van der Waals surface area contributed by atoms with Crippen LogP contribution in [0.25, 0.3) is 16.9 Å². The van der Waals surface area contributed by atoms with Gasteiger partial charge in [0.15, 0.2) is 0 Å². The van der Waals surface area contributed by atoms with Crippen LogP contribution in [0.3, 0.4) is 0 Å². The van der Waals surface area contributed by atoms with Crippen molar-refractivity contribution in [3.05, 3.63) is 58.3 Å². The summed E-state index contributed by atoms with van der Waals surface area (Å²) in [6.45, 7) is 0. The Morgan fingerprint density at radius 3 is 2.65 bits per heavy atom. The van der Waals surface area contributed by atoms with Gasteiger partial charge in [0.25, 0.3) is 0 Å². The molecule has 0 saturated carbocycles. The summed E-state index contributed by atoms with van der Waals surface area (Å²) in [7, 11) is 0. The second-order valence-electron chi connectivity index (χ2n) is 4.17. The summed E-state index contributed by atoms with van der Waals surface area (Å²) in [4.78, 5) is 15.6. The molecule has 0 radical (unpaired) electrons. The van der Waals surface area contributed by atoms with E-state index in [1.54, 1.807) is 36.5 Å². The van der Waals surface area contributed by atoms with Crippen molar-refractivity contribution in [3.8, 4) is 11.3 Å². The van der Waals surface area contributed by atoms with Crippen LogP contribution in [-0.4, -0.2) is 20.5 Å². The fraction of sp³-hybridized carbons (Fsp3) is 0. The molecule has 0 unspecified atom stereocenters. The molecule has 0 amide bonds. The van der Waals surface area contributed by atoms with Crippen LogP contribution in [0, 0.1) is 0 Å². The van der Waals surface area contributed by atoms with Crippen molar-refractivity contribution in [1.29, 1.82) is 0 Å². The first-order valence-electron chi connectivity index (χ1n) is 5.74. The minimum absolute atomic E-state index is 0.138. The van der Waals surface area contributed by atoms with Crippen LogP contribution in [0.15, 0.2) is 42.6 Å². The smallest absolute Gasteiger partial charge is 0.352 e. The lowest BCUT2D eigenvalue weighted by Gasteiger charge is -2.01. The first-order valence-corrected chi connectivity index (χ1v) is 6.49. The van der Waals surface area contributed by atoms with Crippen LogP contribution < -0.4 is 0 Å². The second-order valence-corrected chi connectivity index (χ2v) is 4.96. The highest BCUT2D eigenvalue weighted by atomic mass is 35.5. The first-order chi connectivity index (χ1) is 9.58. The Labute approximate surface area is 124 Å². The topological polar surface area (TPSA) is 54.6 Å². The fourth-order valence-electron chi connectivity index (χ4n) is 2.02. The number of imidazole rings is 1. The molecule has 3 aromatic rings. The standard InChI is InChI=1S/C14H8Cl2N2O2/c15-9-4-1-3-8(13(9)16)10-7-18-11(14(19)20)5-2-6-12(18)17-10/h1-7H,(H,19,20). The SMILES string of the molecule is O=C(O)c1cccc2nc(-c3cccc(Cl)c3Cl)cn12. The highest BCUT2D eigenvalue weighted by molar-refractivity contribution is 6.43. The van der Waals surface area contributed by atoms with Crippen molar-refractivity contribution in [2.24, 2.45) is 0 Å². The molecule has 0 saturated heterocycles. The maximum Gasteiger partial charge on any atom is 0.352 e. The third-order valence-corrected chi connectivity index (χ3v) is 3.76. The minimum atomic E-state index is -1.02. The van der Waals surface area contributed by atoms with Gasteiger partial charge < -0.3 is 5.11 Å². The zero-order valence-electron chi connectivity index (χ0n) is 10.0. The molecule has 0 spiro atoms. The molecule has 2 heterocycles. The van der Waals surface area contributed by atoms with Crippen LogP contribution in [0.2, 0.25) is 10.0 Å². The molecule has 0 aliphatic heterocycles. The van der Waals surface area contributed by atoms with Gasteiger partial charge >= 0.3 is 5.97 Å². The normalized spacial score (nSPS) is 10.9. The third-order valence-electron chi connectivity index (χ3n) is 2.94. The van der Waals surface area contributed by atoms with E-state index >= 15 is 0 Å². The molecular weight excluding hydrogens is 299 g/mol. The van der Waals surface area contributed by atoms with E-state index in [0.29, 0.717) is 26.9 Å². The van der Waals surface area contributed by atoms with E-state index in [1.807, 2.05) is 0 Å². The fourth-order valence-corrected chi connectivity index (χ4v) is 2.41. The Morgan fingerprint density at radius 1 is 1.15 bits per heavy atom. The number of aromatic nitrogens is 2. The summed E-state index contributed by atoms with van der Waals surface area (Å²) >= 11 is 12.1. The summed E-state index contributed by atoms with van der Waals surface area (Å²) < 4.78 is 1.51. The van der Waals surface area contributed by atoms with Gasteiger partial charge in [-0.2, -0.15) is 0 Å². The maximum atomic E-state index is 11.2. The van der Waals surface area contributed by atoms with Gasteiger partial charge in [-0.15, -0.1) is 0 Å². The van der Waals surface area contributed by atoms with E-state index in [9.17, 15) is 4.79 Å². The van der Waals surface area contributed by atoms with Crippen molar-refractivity contribution in [1.82, 2.24) is 9.38 Å². The summed E-state index contributed by atoms with van der Waals surface area (Å²) in [5.41, 5.74) is 1.92. The molecule has 6 heteroatoms. The lowest BCUT2D eigenvalue weighted by atomic mass is 10.2. The number of pyridine rings is 1. The van der Waals surface area contributed by atoms with Crippen molar-refractivity contribution in [2.75, 3.05) is 0 Å². The molecule has 2 aromatic heterocycles. The predicted molar refractivity (Wildman–Crippen MR) is 77.6 cm³/mol. The average Bonchev–Trinajstić information content (AvgIpc) is 2.84. The number of carbonyl (C=O) groups is 1. The van der Waals surface area contributed by atoms with Crippen molar-refractivity contribution in [3.63, 3.8) is 0 Å². The summed E-state index contributed by atoms with van der Waals surface area (Å²) in [6, 6.07) is 10.1. The Balaban J connectivity index is 2.26. The lowest BCUT2D eigenvalue weighted by Crippen LogP contribution is -2.03. The van der Waals surface area contributed by atoms with Gasteiger partial charge in [-0.05, 0) is 18.2 Å². The second kappa shape index (κ2) is 4.81. The number of hydrogen-bond donors (Lipinski definition) is 1. The van der Waals surface area contributed by atoms with E-state index in [4.69, 9.17) is 28.3 Å². The molecule has 1 N–H and O–H groups in total. The van der Waals surface area contributed by atoms with Crippen LogP contribution >= 0.6 is 23.2 Å². The molecule has 0 aliphatic carbocycles. The zero-order valence-corrected chi connectivity index (χ0v) is 11.6. The summed E-state index contributed by atoms with van der Waals surface area (Å²) in [5, 5.41) is 9.99. The van der Waals surface area contributed by atoms with Crippen molar-refractivity contribution in [2.45, 2.75) is 0 Å². The number of aromatic carboxylic acids is 1. The van der Waals surface area contributed by atoms with E-state index in [1.165, 1.54) is 10.5 Å². The number of nitrogens with zero attached hydrogens (tertiary/aromatic N) is 2. The largest absolute Gasteiger partial charge is 0.477 e. The molecule has 4 nitrogen and oxygen atoms in total. The van der Waals surface area contributed by atoms with Crippen LogP contribution in [0.1, 0.15) is 10.5 Å². The number of halogens is 2. The van der Waals surface area contributed by atoms with E-state index in [-0.39, 0.29) is 5.69 Å². The Kier molecular flexibility index (Phi) is 3.12. The molecule has 0 atom stereocenters. The van der Waals surface area contributed by atoms with Gasteiger partial charge in [-0.1, -0.05) is 41.4 Å². The van der Waals surface area contributed by atoms with Gasteiger partial charge in [0.1, 0.15) is 11.3 Å². The Hall–Kier alpha value is -2.04. The molecule has 3 rings (SSSR count). The first kappa shape index (κ1) is 13.0. The predicted octanol–water partition coefficient (Wildman–Crippen LogP) is 4.01. The van der Waals surface area contributed by atoms with Crippen LogP contribution in [0.4, 0.5) is 0 Å². The molecule has 1 aromatic carbocycles. The molecule has 20 heavy (non-hydrogen) atoms. The highest BCUT2D eigenvalue weighted by Gasteiger charge is 2.14. The quantitative estimate of drug-likeness (QED) is 0.778. The van der Waals surface area contributed by atoms with Gasteiger partial charge in [0.05, 0.1) is 15.7 Å². The van der Waals surface area contributed by atoms with Gasteiger partial charge in [-0.3, -0.25) is 4.40 Å². The number of rotatable bonds is 2. The van der Waals surface area contributed by atoms with Crippen LogP contribution in [0.5, 0.6) is 0 Å². The average molecular weight is 307 g/mol. The Bertz CT molecular complexity index is 827. The minimum Gasteiger partial charge on any atom is -0.477 e. The Morgan fingerprint density at radius 2 is 1.90 bits per heavy atom. The van der Waals surface area contributed by atoms with Gasteiger partial charge in [0.2, 0.25) is 0 Å². The summed E-state index contributed by atoms with van der Waals surface area (Å²) in [5.74, 6) is -1.02. The number of benzene rings is 1. The maximum absolute atomic E-state index is 11.2. The number of fused-ring (bicyclic) bond motifs is 1. The third kappa shape index (κ3) is 2.03.